The van der Waals surface area contributed by atoms with E-state index in [9.17, 15) is 53.0 Å². The normalized spacial score (nSPS) is 31.8. The molecule has 0 aromatic heterocycles. The second-order valence-corrected chi connectivity index (χ2v) is 19.9. The molecule has 0 spiro atoms. The number of phosphoric acid groups is 1. The molecule has 2 aliphatic heterocycles. The summed E-state index contributed by atoms with van der Waals surface area (Å²) in [6, 6.07) is 12.4. The van der Waals surface area contributed by atoms with Crippen LogP contribution in [0.5, 0.6) is 0 Å². The standard InChI is InChI=1S/C47H53N4O14P/c1-25(48-38(55)23-51-39(56)14-15-40(51)57)42(58)49-26(2)43(59)50-31-7-5-6-28(19-31)18-27-8-10-29(11-9-27)44-64-37-21-34-33-13-12-30-20-32(52)16-17-45(30,3)41(33)35(53)22-46(34,4)47(37,65-44)36(54)24-63-66(60,61)62/h5-11,14-17,19-20,25-26,33-35,37,41,44,53H,12-13,18,21-24H2,1-4H3,(H,48,55)(H,49,58)(H,50,59)(H2,60,61,62)/t25-,26-,33-,34-,35-,37+,41+,44+,45-,46-,47+/m0/s1. The Labute approximate surface area is 380 Å². The average molecular weight is 929 g/mol. The number of allylic oxidation sites excluding steroid dienone is 4. The lowest BCUT2D eigenvalue weighted by Crippen LogP contribution is -2.63. The van der Waals surface area contributed by atoms with Crippen LogP contribution in [0.4, 0.5) is 5.69 Å². The number of ketones is 2. The number of Topliss-reactive ketones (excluding diaryl/α,β-unsaturated/α-hetero) is 1. The van der Waals surface area contributed by atoms with Crippen LogP contribution in [0.2, 0.25) is 0 Å². The van der Waals surface area contributed by atoms with E-state index < -0.39 is 103 Å². The van der Waals surface area contributed by atoms with Gasteiger partial charge < -0.3 is 40.3 Å². The molecule has 0 bridgehead atoms. The molecule has 2 aromatic carbocycles. The lowest BCUT2D eigenvalue weighted by molar-refractivity contribution is -0.200. The molecule has 350 valence electrons. The maximum absolute atomic E-state index is 14.4. The lowest BCUT2D eigenvalue weighted by Gasteiger charge is -2.59. The van der Waals surface area contributed by atoms with Crippen molar-refractivity contribution in [3.8, 4) is 0 Å². The van der Waals surface area contributed by atoms with E-state index in [1.54, 1.807) is 30.4 Å². The Hall–Kier alpha value is -5.46. The number of carbonyl (C=O) groups excluding carboxylic acids is 7. The number of aliphatic hydroxyl groups is 1. The highest BCUT2D eigenvalue weighted by Crippen LogP contribution is 2.70. The molecule has 0 unspecified atom stereocenters. The van der Waals surface area contributed by atoms with Crippen LogP contribution in [0.3, 0.4) is 0 Å². The third-order valence-electron chi connectivity index (χ3n) is 14.6. The molecule has 18 nitrogen and oxygen atoms in total. The monoisotopic (exact) mass is 928 g/mol. The fourth-order valence-electron chi connectivity index (χ4n) is 11.5. The van der Waals surface area contributed by atoms with E-state index in [0.717, 1.165) is 33.8 Å². The quantitative estimate of drug-likeness (QED) is 0.118. The highest BCUT2D eigenvalue weighted by Gasteiger charge is 2.76. The van der Waals surface area contributed by atoms with Gasteiger partial charge in [0.15, 0.2) is 23.5 Å². The number of nitrogens with one attached hydrogen (secondary N) is 3. The first-order valence-electron chi connectivity index (χ1n) is 21.9. The Kier molecular flexibility index (Phi) is 12.6. The summed E-state index contributed by atoms with van der Waals surface area (Å²) in [5.74, 6) is -4.39. The molecule has 0 radical (unpaired) electrons. The summed E-state index contributed by atoms with van der Waals surface area (Å²) >= 11 is 0. The van der Waals surface area contributed by atoms with Crippen LogP contribution in [-0.4, -0.2) is 104 Å². The molecule has 5 amide bonds. The van der Waals surface area contributed by atoms with Crippen molar-refractivity contribution in [3.63, 3.8) is 0 Å². The Morgan fingerprint density at radius 2 is 1.64 bits per heavy atom. The van der Waals surface area contributed by atoms with Crippen LogP contribution in [0, 0.1) is 28.6 Å². The number of carbonyl (C=O) groups is 7. The molecule has 2 aromatic rings. The fraction of sp³-hybridized carbons (Fsp3) is 0.468. The second kappa shape index (κ2) is 17.6. The van der Waals surface area contributed by atoms with Gasteiger partial charge in [-0.1, -0.05) is 61.9 Å². The van der Waals surface area contributed by atoms with Gasteiger partial charge in [-0.25, -0.2) is 4.57 Å². The molecular weight excluding hydrogens is 876 g/mol. The Morgan fingerprint density at radius 1 is 0.939 bits per heavy atom. The van der Waals surface area contributed by atoms with Gasteiger partial charge in [0.25, 0.3) is 11.8 Å². The molecular formula is C47H53N4O14P. The summed E-state index contributed by atoms with van der Waals surface area (Å²) < 4.78 is 30.0. The molecule has 4 fully saturated rings. The number of fused-ring (bicyclic) bond motifs is 7. The van der Waals surface area contributed by atoms with E-state index in [4.69, 9.17) is 14.0 Å². The molecule has 3 saturated carbocycles. The first-order valence-corrected chi connectivity index (χ1v) is 23.5. The van der Waals surface area contributed by atoms with Gasteiger partial charge in [0.2, 0.25) is 17.7 Å². The number of nitrogens with zero attached hydrogens (tertiary/aromatic N) is 1. The highest BCUT2D eigenvalue weighted by molar-refractivity contribution is 7.46. The second-order valence-electron chi connectivity index (χ2n) is 18.7. The van der Waals surface area contributed by atoms with Gasteiger partial charge in [0.05, 0.1) is 12.2 Å². The average Bonchev–Trinajstić information content (AvgIpc) is 3.88. The molecule has 66 heavy (non-hydrogen) atoms. The van der Waals surface area contributed by atoms with Crippen molar-refractivity contribution in [3.05, 3.63) is 101 Å². The molecule has 6 N–H and O–H groups in total. The minimum Gasteiger partial charge on any atom is -0.393 e. The zero-order chi connectivity index (χ0) is 47.5. The maximum atomic E-state index is 14.4. The van der Waals surface area contributed by atoms with E-state index >= 15 is 0 Å². The largest absolute Gasteiger partial charge is 0.470 e. The lowest BCUT2D eigenvalue weighted by atomic mass is 9.46. The van der Waals surface area contributed by atoms with E-state index in [-0.39, 0.29) is 30.0 Å². The number of phosphoric ester groups is 1. The summed E-state index contributed by atoms with van der Waals surface area (Å²) in [7, 11) is -5.04. The Balaban J connectivity index is 0.913. The molecule has 8 rings (SSSR count). The number of amides is 5. The summed E-state index contributed by atoms with van der Waals surface area (Å²) in [4.78, 5) is 108. The highest BCUT2D eigenvalue weighted by atomic mass is 31.2. The predicted molar refractivity (Wildman–Crippen MR) is 233 cm³/mol. The molecule has 4 aliphatic carbocycles. The third kappa shape index (κ3) is 8.67. The first-order chi connectivity index (χ1) is 31.1. The molecule has 1 saturated heterocycles. The van der Waals surface area contributed by atoms with Gasteiger partial charge in [-0.2, -0.15) is 0 Å². The number of imide groups is 1. The first kappa shape index (κ1) is 47.0. The summed E-state index contributed by atoms with van der Waals surface area (Å²) in [6.07, 6.45) is 6.81. The van der Waals surface area contributed by atoms with E-state index in [1.165, 1.54) is 13.8 Å². The number of hydrogen-bond donors (Lipinski definition) is 6. The van der Waals surface area contributed by atoms with Crippen LogP contribution in [-0.2, 0) is 58.5 Å². The van der Waals surface area contributed by atoms with Crippen LogP contribution >= 0.6 is 7.82 Å². The zero-order valence-corrected chi connectivity index (χ0v) is 37.7. The van der Waals surface area contributed by atoms with Gasteiger partial charge in [0, 0.05) is 40.2 Å². The van der Waals surface area contributed by atoms with Gasteiger partial charge >= 0.3 is 7.82 Å². The number of benzene rings is 2. The van der Waals surface area contributed by atoms with Crippen molar-refractivity contribution in [1.82, 2.24) is 15.5 Å². The minimum absolute atomic E-state index is 0.0684. The van der Waals surface area contributed by atoms with Crippen LogP contribution in [0.1, 0.15) is 76.4 Å². The van der Waals surface area contributed by atoms with Crippen LogP contribution in [0.15, 0.2) is 84.5 Å². The molecule has 6 aliphatic rings. The van der Waals surface area contributed by atoms with Crippen molar-refractivity contribution in [1.29, 1.82) is 0 Å². The third-order valence-corrected chi connectivity index (χ3v) is 15.1. The van der Waals surface area contributed by atoms with Crippen molar-refractivity contribution in [2.24, 2.45) is 28.6 Å². The van der Waals surface area contributed by atoms with Crippen LogP contribution < -0.4 is 16.0 Å². The maximum Gasteiger partial charge on any atom is 0.470 e. The molecule has 19 heteroatoms. The van der Waals surface area contributed by atoms with Crippen molar-refractivity contribution in [2.75, 3.05) is 18.5 Å². The number of aliphatic hydroxyl groups excluding tert-OH is 1. The van der Waals surface area contributed by atoms with Gasteiger partial charge in [-0.3, -0.25) is 43.0 Å². The number of ether oxygens (including phenoxy) is 2. The van der Waals surface area contributed by atoms with Gasteiger partial charge in [-0.05, 0) is 93.2 Å². The zero-order valence-electron chi connectivity index (χ0n) is 36.8. The Morgan fingerprint density at radius 3 is 2.33 bits per heavy atom. The van der Waals surface area contributed by atoms with Crippen molar-refractivity contribution < 1.29 is 67.0 Å². The molecule has 2 heterocycles. The van der Waals surface area contributed by atoms with Gasteiger partial charge in [-0.15, -0.1) is 0 Å². The SMILES string of the molecule is C[C@H](NC(=O)CN1C(=O)C=CC1=O)C(=O)N[C@@H](C)C(=O)Nc1cccc(Cc2ccc([C@@H]3O[C@@H]4C[C@H]5[C@@H]6CCC7=CC(=O)C=C[C@]7(C)[C@H]6[C@@H](O)C[C@]5(C)[C@]4(C(=O)COP(=O)(O)O)O3)cc2)c1. The van der Waals surface area contributed by atoms with Gasteiger partial charge in [0.1, 0.15) is 25.2 Å². The Bertz CT molecular complexity index is 2500. The predicted octanol–water partition coefficient (Wildman–Crippen LogP) is 2.87. The van der Waals surface area contributed by atoms with E-state index in [2.05, 4.69) is 16.0 Å². The summed E-state index contributed by atoms with van der Waals surface area (Å²) in [5.41, 5.74) is 0.518. The number of hydrogen-bond acceptors (Lipinski definition) is 12. The van der Waals surface area contributed by atoms with Crippen molar-refractivity contribution in [2.45, 2.75) is 96.0 Å². The molecule has 11 atom stereocenters. The van der Waals surface area contributed by atoms with E-state index in [1.807, 2.05) is 50.3 Å². The summed E-state index contributed by atoms with van der Waals surface area (Å²) in [6.45, 7) is 5.36. The number of anilines is 1. The van der Waals surface area contributed by atoms with E-state index in [0.29, 0.717) is 36.9 Å². The number of rotatable bonds is 14. The minimum atomic E-state index is -5.04. The van der Waals surface area contributed by atoms with Crippen molar-refractivity contribution >= 4 is 54.6 Å². The topological polar surface area (TPSA) is 264 Å². The smallest absolute Gasteiger partial charge is 0.393 e. The summed E-state index contributed by atoms with van der Waals surface area (Å²) in [5, 5.41) is 19.8. The van der Waals surface area contributed by atoms with Crippen LogP contribution in [0.25, 0.3) is 0 Å². The fourth-order valence-corrected chi connectivity index (χ4v) is 11.8.